The second-order valence-corrected chi connectivity index (χ2v) is 8.21. The summed E-state index contributed by atoms with van der Waals surface area (Å²) in [5.41, 5.74) is 4.01. The lowest BCUT2D eigenvalue weighted by molar-refractivity contribution is -0.0345. The van der Waals surface area contributed by atoms with Crippen molar-refractivity contribution >= 4 is 6.16 Å². The fraction of sp³-hybridized carbons (Fsp3) is 0.440. The van der Waals surface area contributed by atoms with Crippen LogP contribution in [0.5, 0.6) is 0 Å². The first kappa shape index (κ1) is 22.9. The van der Waals surface area contributed by atoms with Crippen LogP contribution in [-0.4, -0.2) is 52.2 Å². The molecule has 1 aromatic heterocycles. The lowest BCUT2D eigenvalue weighted by Crippen LogP contribution is -2.29. The second kappa shape index (κ2) is 11.6. The zero-order valence-electron chi connectivity index (χ0n) is 18.9. The zero-order valence-corrected chi connectivity index (χ0v) is 18.9. The van der Waals surface area contributed by atoms with Crippen molar-refractivity contribution in [3.05, 3.63) is 54.1 Å². The number of hydrogen-bond donors (Lipinski definition) is 1. The Morgan fingerprint density at radius 2 is 1.82 bits per heavy atom. The third-order valence-corrected chi connectivity index (χ3v) is 5.83. The van der Waals surface area contributed by atoms with Gasteiger partial charge in [0.25, 0.3) is 0 Å². The minimum Gasteiger partial charge on any atom is -0.431 e. The van der Waals surface area contributed by atoms with Gasteiger partial charge in [-0.05, 0) is 54.5 Å². The Balaban J connectivity index is 1.42. The molecule has 1 aliphatic carbocycles. The first-order valence-corrected chi connectivity index (χ1v) is 11.6. The highest BCUT2D eigenvalue weighted by Gasteiger charge is 2.22. The van der Waals surface area contributed by atoms with Crippen LogP contribution in [0.4, 0.5) is 4.79 Å². The van der Waals surface area contributed by atoms with Gasteiger partial charge >= 0.3 is 6.16 Å². The number of carbonyl (C=O) groups excluding carboxylic acids is 1. The Bertz CT molecular complexity index is 1000. The lowest BCUT2D eigenvalue weighted by Gasteiger charge is -2.23. The average Bonchev–Trinajstić information content (AvgIpc) is 3.39. The molecule has 1 fully saturated rings. The highest BCUT2D eigenvalue weighted by Crippen LogP contribution is 2.30. The van der Waals surface area contributed by atoms with Gasteiger partial charge in [0.15, 0.2) is 0 Å². The summed E-state index contributed by atoms with van der Waals surface area (Å²) in [5.74, 6) is 0.552. The van der Waals surface area contributed by atoms with Gasteiger partial charge < -0.3 is 14.2 Å². The third kappa shape index (κ3) is 6.38. The van der Waals surface area contributed by atoms with Gasteiger partial charge in [0.05, 0.1) is 6.61 Å². The van der Waals surface area contributed by atoms with Gasteiger partial charge in [-0.2, -0.15) is 5.21 Å². The van der Waals surface area contributed by atoms with E-state index in [-0.39, 0.29) is 6.10 Å². The van der Waals surface area contributed by atoms with Crippen LogP contribution in [-0.2, 0) is 20.6 Å². The molecule has 0 bridgehead atoms. The standard InChI is InChI=1S/C25H30N4O4/c1-2-31-17-21(33-25(30)32-20-8-4-3-5-9-20)16-18-12-14-19(15-13-18)22-10-6-7-11-23(22)24-26-28-29-27-24/h6-7,10-15,20-21H,2-5,8-9,16-17H2,1H3,(H,26,27,28,29). The van der Waals surface area contributed by atoms with E-state index in [0.29, 0.717) is 25.5 Å². The van der Waals surface area contributed by atoms with E-state index < -0.39 is 12.3 Å². The van der Waals surface area contributed by atoms with Gasteiger partial charge in [0.2, 0.25) is 5.82 Å². The maximum atomic E-state index is 12.3. The maximum absolute atomic E-state index is 12.3. The quantitative estimate of drug-likeness (QED) is 0.460. The number of tetrazole rings is 1. The number of carbonyl (C=O) groups is 1. The topological polar surface area (TPSA) is 99.2 Å². The minimum absolute atomic E-state index is 0.0300. The third-order valence-electron chi connectivity index (χ3n) is 5.83. The number of ether oxygens (including phenoxy) is 3. The van der Waals surface area contributed by atoms with Crippen LogP contribution in [0.3, 0.4) is 0 Å². The predicted molar refractivity (Wildman–Crippen MR) is 123 cm³/mol. The number of hydrogen-bond acceptors (Lipinski definition) is 7. The Kier molecular flexibility index (Phi) is 8.03. The fourth-order valence-electron chi connectivity index (χ4n) is 4.16. The monoisotopic (exact) mass is 450 g/mol. The van der Waals surface area contributed by atoms with Crippen molar-refractivity contribution in [2.45, 2.75) is 57.7 Å². The Hall–Kier alpha value is -3.26. The zero-order chi connectivity index (χ0) is 22.9. The Morgan fingerprint density at radius 1 is 1.06 bits per heavy atom. The van der Waals surface area contributed by atoms with Gasteiger partial charge in [-0.15, -0.1) is 10.2 Å². The van der Waals surface area contributed by atoms with Crippen LogP contribution in [0.25, 0.3) is 22.5 Å². The summed E-state index contributed by atoms with van der Waals surface area (Å²) in [6.45, 7) is 2.81. The van der Waals surface area contributed by atoms with Crippen molar-refractivity contribution < 1.29 is 19.0 Å². The first-order valence-electron chi connectivity index (χ1n) is 11.6. The summed E-state index contributed by atoms with van der Waals surface area (Å²) in [5, 5.41) is 14.4. The molecular weight excluding hydrogens is 420 g/mol. The van der Waals surface area contributed by atoms with Crippen molar-refractivity contribution in [3.63, 3.8) is 0 Å². The summed E-state index contributed by atoms with van der Waals surface area (Å²) in [6, 6.07) is 16.1. The molecule has 174 valence electrons. The van der Waals surface area contributed by atoms with E-state index >= 15 is 0 Å². The van der Waals surface area contributed by atoms with E-state index in [9.17, 15) is 4.79 Å². The van der Waals surface area contributed by atoms with Gasteiger partial charge in [-0.25, -0.2) is 4.79 Å². The van der Waals surface area contributed by atoms with Crippen LogP contribution in [0.15, 0.2) is 48.5 Å². The van der Waals surface area contributed by atoms with E-state index in [1.165, 1.54) is 6.42 Å². The van der Waals surface area contributed by atoms with Crippen molar-refractivity contribution in [1.82, 2.24) is 20.6 Å². The number of H-pyrrole nitrogens is 1. The minimum atomic E-state index is -0.600. The molecule has 0 spiro atoms. The molecule has 33 heavy (non-hydrogen) atoms. The molecule has 3 aromatic rings. The molecule has 1 heterocycles. The molecule has 0 saturated heterocycles. The molecular formula is C25H30N4O4. The van der Waals surface area contributed by atoms with Gasteiger partial charge in [0, 0.05) is 18.6 Å². The summed E-state index contributed by atoms with van der Waals surface area (Å²) in [6.07, 6.45) is 4.75. The molecule has 1 saturated carbocycles. The molecule has 1 N–H and O–H groups in total. The SMILES string of the molecule is CCOCC(Cc1ccc(-c2ccccc2-c2nn[nH]n2)cc1)OC(=O)OC1CCCCC1. The molecule has 4 rings (SSSR count). The summed E-state index contributed by atoms with van der Waals surface area (Å²) in [4.78, 5) is 12.3. The van der Waals surface area contributed by atoms with Crippen molar-refractivity contribution in [2.24, 2.45) is 0 Å². The van der Waals surface area contributed by atoms with Crippen LogP contribution in [0.2, 0.25) is 0 Å². The molecule has 8 nitrogen and oxygen atoms in total. The molecule has 8 heteroatoms. The van der Waals surface area contributed by atoms with Gasteiger partial charge in [0.1, 0.15) is 12.2 Å². The van der Waals surface area contributed by atoms with Crippen molar-refractivity contribution in [3.8, 4) is 22.5 Å². The van der Waals surface area contributed by atoms with E-state index in [0.717, 1.165) is 47.9 Å². The molecule has 1 unspecified atom stereocenters. The summed E-state index contributed by atoms with van der Waals surface area (Å²) < 4.78 is 16.7. The predicted octanol–water partition coefficient (Wildman–Crippen LogP) is 4.97. The first-order chi connectivity index (χ1) is 16.2. The largest absolute Gasteiger partial charge is 0.508 e. The maximum Gasteiger partial charge on any atom is 0.508 e. The smallest absolute Gasteiger partial charge is 0.431 e. The average molecular weight is 451 g/mol. The molecule has 0 radical (unpaired) electrons. The number of nitrogens with zero attached hydrogens (tertiary/aromatic N) is 3. The Morgan fingerprint density at radius 3 is 2.52 bits per heavy atom. The lowest BCUT2D eigenvalue weighted by atomic mass is 9.97. The molecule has 0 amide bonds. The van der Waals surface area contributed by atoms with E-state index in [1.807, 2.05) is 55.5 Å². The molecule has 1 aliphatic rings. The fourth-order valence-corrected chi connectivity index (χ4v) is 4.16. The number of rotatable bonds is 9. The van der Waals surface area contributed by atoms with E-state index in [4.69, 9.17) is 14.2 Å². The van der Waals surface area contributed by atoms with Crippen LogP contribution in [0, 0.1) is 0 Å². The number of benzene rings is 2. The van der Waals surface area contributed by atoms with Crippen LogP contribution < -0.4 is 0 Å². The van der Waals surface area contributed by atoms with E-state index in [1.54, 1.807) is 0 Å². The number of nitrogens with one attached hydrogen (secondary N) is 1. The van der Waals surface area contributed by atoms with Crippen LogP contribution >= 0.6 is 0 Å². The number of aromatic nitrogens is 4. The second-order valence-electron chi connectivity index (χ2n) is 8.21. The molecule has 2 aromatic carbocycles. The molecule has 0 aliphatic heterocycles. The molecule has 1 atom stereocenters. The number of aromatic amines is 1. The van der Waals surface area contributed by atoms with Gasteiger partial charge in [-0.3, -0.25) is 0 Å². The Labute approximate surface area is 193 Å². The summed E-state index contributed by atoms with van der Waals surface area (Å²) in [7, 11) is 0. The van der Waals surface area contributed by atoms with Crippen LogP contribution in [0.1, 0.15) is 44.6 Å². The van der Waals surface area contributed by atoms with E-state index in [2.05, 4.69) is 20.6 Å². The normalized spacial score (nSPS) is 15.2. The highest BCUT2D eigenvalue weighted by molar-refractivity contribution is 5.80. The highest BCUT2D eigenvalue weighted by atomic mass is 16.7. The van der Waals surface area contributed by atoms with Crippen molar-refractivity contribution in [2.75, 3.05) is 13.2 Å². The van der Waals surface area contributed by atoms with Crippen molar-refractivity contribution in [1.29, 1.82) is 0 Å². The summed E-state index contributed by atoms with van der Waals surface area (Å²) >= 11 is 0. The van der Waals surface area contributed by atoms with Gasteiger partial charge in [-0.1, -0.05) is 55.0 Å².